The lowest BCUT2D eigenvalue weighted by Gasteiger charge is -2.11. The van der Waals surface area contributed by atoms with Gasteiger partial charge < -0.3 is 4.57 Å². The third kappa shape index (κ3) is 3.09. The van der Waals surface area contributed by atoms with Crippen molar-refractivity contribution >= 4 is 34.8 Å². The average Bonchev–Trinajstić information content (AvgIpc) is 2.91. The second kappa shape index (κ2) is 6.09. The van der Waals surface area contributed by atoms with Crippen molar-refractivity contribution in [3.63, 3.8) is 0 Å². The van der Waals surface area contributed by atoms with Gasteiger partial charge in [0.15, 0.2) is 0 Å². The van der Waals surface area contributed by atoms with E-state index in [9.17, 15) is 0 Å². The van der Waals surface area contributed by atoms with Crippen molar-refractivity contribution in [2.24, 2.45) is 0 Å². The van der Waals surface area contributed by atoms with Crippen LogP contribution in [0.3, 0.4) is 0 Å². The van der Waals surface area contributed by atoms with Crippen LogP contribution in [0.5, 0.6) is 0 Å². The Hall–Kier alpha value is -1.51. The molecule has 0 amide bonds. The molecule has 2 nitrogen and oxygen atoms in total. The molecule has 2 aromatic carbocycles. The van der Waals surface area contributed by atoms with E-state index in [0.29, 0.717) is 0 Å². The van der Waals surface area contributed by atoms with E-state index < -0.39 is 0 Å². The van der Waals surface area contributed by atoms with Gasteiger partial charge in [-0.3, -0.25) is 0 Å². The lowest BCUT2D eigenvalue weighted by Crippen LogP contribution is -2.02. The van der Waals surface area contributed by atoms with E-state index in [4.69, 9.17) is 11.6 Å². The van der Waals surface area contributed by atoms with Gasteiger partial charge in [-0.1, -0.05) is 36.4 Å². The molecule has 3 rings (SSSR count). The summed E-state index contributed by atoms with van der Waals surface area (Å²) in [6, 6.07) is 14.7. The number of halogens is 2. The van der Waals surface area contributed by atoms with Gasteiger partial charge in [-0.15, -0.1) is 24.0 Å². The van der Waals surface area contributed by atoms with Crippen molar-refractivity contribution in [1.29, 1.82) is 0 Å². The van der Waals surface area contributed by atoms with Crippen molar-refractivity contribution in [3.05, 3.63) is 66.7 Å². The Morgan fingerprint density at radius 1 is 1.11 bits per heavy atom. The van der Waals surface area contributed by atoms with Crippen LogP contribution in [0.15, 0.2) is 61.2 Å². The smallest absolute Gasteiger partial charge is 0.0946 e. The fourth-order valence-corrected chi connectivity index (χ4v) is 2.38. The Kier molecular flexibility index (Phi) is 4.46. The van der Waals surface area contributed by atoms with Crippen molar-refractivity contribution in [1.82, 2.24) is 9.55 Å². The van der Waals surface area contributed by atoms with Crippen molar-refractivity contribution in [3.8, 4) is 0 Å². The second-order valence-electron chi connectivity index (χ2n) is 4.33. The topological polar surface area (TPSA) is 17.8 Å². The molecule has 0 spiro atoms. The first-order valence-corrected chi connectivity index (χ1v) is 6.35. The summed E-state index contributed by atoms with van der Waals surface area (Å²) in [6.07, 6.45) is 5.48. The molecule has 4 heteroatoms. The molecule has 0 aliphatic carbocycles. The summed E-state index contributed by atoms with van der Waals surface area (Å²) < 4.78 is 1.99. The first-order chi connectivity index (χ1) is 8.83. The van der Waals surface area contributed by atoms with Crippen LogP contribution < -0.4 is 0 Å². The first kappa shape index (κ1) is 13.9. The van der Waals surface area contributed by atoms with Gasteiger partial charge in [0.2, 0.25) is 0 Å². The van der Waals surface area contributed by atoms with Gasteiger partial charge in [0.1, 0.15) is 0 Å². The quantitative estimate of drug-likeness (QED) is 0.653. The maximum Gasteiger partial charge on any atom is 0.0946 e. The van der Waals surface area contributed by atoms with Crippen molar-refractivity contribution in [2.75, 3.05) is 0 Å². The Balaban J connectivity index is 0.00000133. The van der Waals surface area contributed by atoms with Gasteiger partial charge in [0, 0.05) is 18.9 Å². The maximum atomic E-state index is 6.45. The van der Waals surface area contributed by atoms with Crippen LogP contribution in [-0.4, -0.2) is 9.55 Å². The summed E-state index contributed by atoms with van der Waals surface area (Å²) in [5.74, 6) is 0. The molecule has 0 aliphatic heterocycles. The number of hydrogen-bond donors (Lipinski definition) is 0. The fraction of sp³-hybridized carbons (Fsp3) is 0.133. The number of fused-ring (bicyclic) bond motifs is 1. The molecular weight excluding hydrogens is 279 g/mol. The zero-order valence-corrected chi connectivity index (χ0v) is 11.8. The largest absolute Gasteiger partial charge is 0.336 e. The molecule has 1 aromatic heterocycles. The zero-order valence-electron chi connectivity index (χ0n) is 10.2. The van der Waals surface area contributed by atoms with E-state index >= 15 is 0 Å². The molecule has 1 unspecified atom stereocenters. The molecule has 1 heterocycles. The number of aromatic nitrogens is 2. The number of imidazole rings is 1. The van der Waals surface area contributed by atoms with Gasteiger partial charge >= 0.3 is 0 Å². The molecule has 0 saturated heterocycles. The summed E-state index contributed by atoms with van der Waals surface area (Å²) in [7, 11) is 0. The first-order valence-electron chi connectivity index (χ1n) is 5.91. The molecule has 0 bridgehead atoms. The van der Waals surface area contributed by atoms with E-state index in [2.05, 4.69) is 35.3 Å². The van der Waals surface area contributed by atoms with Gasteiger partial charge in [-0.25, -0.2) is 4.98 Å². The monoisotopic (exact) mass is 292 g/mol. The number of hydrogen-bond acceptors (Lipinski definition) is 1. The molecule has 3 aromatic rings. The van der Waals surface area contributed by atoms with Crippen LogP contribution in [0.4, 0.5) is 0 Å². The SMILES string of the molecule is Cl.ClC(Cn1ccnc1)c1ccc2ccccc2c1. The van der Waals surface area contributed by atoms with Crippen LogP contribution >= 0.6 is 24.0 Å². The normalized spacial score (nSPS) is 12.1. The Bertz CT molecular complexity index is 650. The van der Waals surface area contributed by atoms with Crippen LogP contribution in [-0.2, 0) is 6.54 Å². The highest BCUT2D eigenvalue weighted by atomic mass is 35.5. The molecule has 0 radical (unpaired) electrons. The van der Waals surface area contributed by atoms with E-state index in [1.165, 1.54) is 10.8 Å². The summed E-state index contributed by atoms with van der Waals surface area (Å²) in [4.78, 5) is 4.02. The minimum Gasteiger partial charge on any atom is -0.336 e. The van der Waals surface area contributed by atoms with Crippen LogP contribution in [0, 0.1) is 0 Å². The predicted octanol–water partition coefficient (Wildman–Crippen LogP) is 4.44. The lowest BCUT2D eigenvalue weighted by atomic mass is 10.0. The van der Waals surface area contributed by atoms with Crippen LogP contribution in [0.25, 0.3) is 10.8 Å². The average molecular weight is 293 g/mol. The second-order valence-corrected chi connectivity index (χ2v) is 4.86. The molecule has 0 N–H and O–H groups in total. The minimum atomic E-state index is -0.0381. The number of benzene rings is 2. The lowest BCUT2D eigenvalue weighted by molar-refractivity contribution is 0.677. The number of rotatable bonds is 3. The number of nitrogens with zero attached hydrogens (tertiary/aromatic N) is 2. The van der Waals surface area contributed by atoms with E-state index in [1.54, 1.807) is 12.5 Å². The minimum absolute atomic E-state index is 0. The number of alkyl halides is 1. The molecule has 98 valence electrons. The van der Waals surface area contributed by atoms with Crippen LogP contribution in [0.1, 0.15) is 10.9 Å². The highest BCUT2D eigenvalue weighted by Gasteiger charge is 2.08. The van der Waals surface area contributed by atoms with E-state index in [0.717, 1.165) is 12.1 Å². The van der Waals surface area contributed by atoms with Gasteiger partial charge in [-0.2, -0.15) is 0 Å². The molecule has 0 saturated carbocycles. The summed E-state index contributed by atoms with van der Waals surface area (Å²) >= 11 is 6.45. The van der Waals surface area contributed by atoms with Crippen LogP contribution in [0.2, 0.25) is 0 Å². The molecule has 1 atom stereocenters. The Labute approximate surface area is 123 Å². The van der Waals surface area contributed by atoms with Gasteiger partial charge in [0.05, 0.1) is 11.7 Å². The third-order valence-electron chi connectivity index (χ3n) is 3.07. The van der Waals surface area contributed by atoms with Crippen molar-refractivity contribution < 1.29 is 0 Å². The maximum absolute atomic E-state index is 6.45. The van der Waals surface area contributed by atoms with Crippen molar-refractivity contribution in [2.45, 2.75) is 11.9 Å². The fourth-order valence-electron chi connectivity index (χ4n) is 2.09. The summed E-state index contributed by atoms with van der Waals surface area (Å²) in [5, 5.41) is 2.43. The van der Waals surface area contributed by atoms with E-state index in [1.807, 2.05) is 22.9 Å². The molecule has 0 fully saturated rings. The molecule has 0 aliphatic rings. The zero-order chi connectivity index (χ0) is 12.4. The third-order valence-corrected chi connectivity index (χ3v) is 3.46. The summed E-state index contributed by atoms with van der Waals surface area (Å²) in [5.41, 5.74) is 1.14. The predicted molar refractivity (Wildman–Crippen MR) is 82.0 cm³/mol. The highest BCUT2D eigenvalue weighted by molar-refractivity contribution is 6.20. The molecular formula is C15H14Cl2N2. The Morgan fingerprint density at radius 2 is 1.89 bits per heavy atom. The van der Waals surface area contributed by atoms with Gasteiger partial charge in [-0.05, 0) is 22.4 Å². The Morgan fingerprint density at radius 3 is 2.63 bits per heavy atom. The standard InChI is InChI=1S/C15H13ClN2.ClH/c16-15(10-18-8-7-17-11-18)14-6-5-12-3-1-2-4-13(12)9-14;/h1-9,11,15H,10H2;1H. The van der Waals surface area contributed by atoms with E-state index in [-0.39, 0.29) is 17.8 Å². The highest BCUT2D eigenvalue weighted by Crippen LogP contribution is 2.26. The molecule has 19 heavy (non-hydrogen) atoms. The van der Waals surface area contributed by atoms with Gasteiger partial charge in [0.25, 0.3) is 0 Å². The summed E-state index contributed by atoms with van der Waals surface area (Å²) in [6.45, 7) is 0.736.